The fourth-order valence-electron chi connectivity index (χ4n) is 2.00. The molecule has 0 fully saturated rings. The largest absolute Gasteiger partial charge is 0.351 e. The van der Waals surface area contributed by atoms with Gasteiger partial charge in [0, 0.05) is 29.0 Å². The number of rotatable bonds is 2. The Hall–Kier alpha value is -2.62. The molecule has 2 heterocycles. The molecule has 4 heteroatoms. The molecule has 0 saturated carbocycles. The first-order valence-electron chi connectivity index (χ1n) is 6.03. The summed E-state index contributed by atoms with van der Waals surface area (Å²) in [5.41, 5.74) is 3.42. The number of hydrogen-bond acceptors (Lipinski definition) is 2. The van der Waals surface area contributed by atoms with Gasteiger partial charge in [0.2, 0.25) is 0 Å². The van der Waals surface area contributed by atoms with E-state index in [0.29, 0.717) is 5.69 Å². The smallest absolute Gasteiger partial charge is 0.272 e. The summed E-state index contributed by atoms with van der Waals surface area (Å²) in [5.74, 6) is -0.153. The third kappa shape index (κ3) is 2.33. The van der Waals surface area contributed by atoms with Crippen LogP contribution in [-0.4, -0.2) is 15.9 Å². The van der Waals surface area contributed by atoms with Gasteiger partial charge in [-0.15, -0.1) is 0 Å². The minimum absolute atomic E-state index is 0.153. The van der Waals surface area contributed by atoms with Gasteiger partial charge in [0.25, 0.3) is 5.91 Å². The summed E-state index contributed by atoms with van der Waals surface area (Å²) in [4.78, 5) is 19.1. The lowest BCUT2D eigenvalue weighted by atomic mass is 10.2. The second-order valence-corrected chi connectivity index (χ2v) is 4.46. The molecule has 1 amide bonds. The van der Waals surface area contributed by atoms with Crippen LogP contribution in [0.15, 0.2) is 48.8 Å². The van der Waals surface area contributed by atoms with Crippen LogP contribution < -0.4 is 5.32 Å². The zero-order valence-electron chi connectivity index (χ0n) is 10.5. The Bertz CT molecular complexity index is 731. The molecule has 2 N–H and O–H groups in total. The quantitative estimate of drug-likeness (QED) is 0.735. The van der Waals surface area contributed by atoms with E-state index in [1.54, 1.807) is 24.5 Å². The van der Waals surface area contributed by atoms with Crippen molar-refractivity contribution in [3.63, 3.8) is 0 Å². The summed E-state index contributed by atoms with van der Waals surface area (Å²) in [6.45, 7) is 2.02. The number of aromatic nitrogens is 2. The number of amides is 1. The van der Waals surface area contributed by atoms with E-state index in [-0.39, 0.29) is 5.91 Å². The van der Waals surface area contributed by atoms with Crippen molar-refractivity contribution in [2.45, 2.75) is 6.92 Å². The molecular formula is C15H13N3O. The monoisotopic (exact) mass is 251 g/mol. The van der Waals surface area contributed by atoms with Crippen LogP contribution in [0, 0.1) is 6.92 Å². The number of carbonyl (C=O) groups excluding carboxylic acids is 1. The molecule has 0 aliphatic rings. The highest BCUT2D eigenvalue weighted by Gasteiger charge is 2.09. The van der Waals surface area contributed by atoms with Gasteiger partial charge in [0.15, 0.2) is 0 Å². The van der Waals surface area contributed by atoms with E-state index < -0.39 is 0 Å². The molecule has 0 atom stereocenters. The Morgan fingerprint density at radius 3 is 2.74 bits per heavy atom. The number of anilines is 1. The van der Waals surface area contributed by atoms with Gasteiger partial charge in [0.1, 0.15) is 5.69 Å². The number of pyridine rings is 1. The summed E-state index contributed by atoms with van der Waals surface area (Å²) in [6, 6.07) is 11.4. The van der Waals surface area contributed by atoms with Gasteiger partial charge in [-0.05, 0) is 36.8 Å². The van der Waals surface area contributed by atoms with Crippen molar-refractivity contribution >= 4 is 22.5 Å². The van der Waals surface area contributed by atoms with Gasteiger partial charge in [-0.2, -0.15) is 0 Å². The van der Waals surface area contributed by atoms with Gasteiger partial charge in [-0.1, -0.05) is 12.1 Å². The SMILES string of the molecule is Cc1ccc2cc(C(=O)Nc3ccncc3)[nH]c2c1. The number of carbonyl (C=O) groups is 1. The van der Waals surface area contributed by atoms with E-state index in [4.69, 9.17) is 0 Å². The third-order valence-electron chi connectivity index (χ3n) is 2.96. The fourth-order valence-corrected chi connectivity index (χ4v) is 2.00. The topological polar surface area (TPSA) is 57.8 Å². The molecule has 0 spiro atoms. The summed E-state index contributed by atoms with van der Waals surface area (Å²) in [6.07, 6.45) is 3.29. The minimum Gasteiger partial charge on any atom is -0.351 e. The minimum atomic E-state index is -0.153. The molecule has 0 aliphatic heterocycles. The maximum atomic E-state index is 12.1. The zero-order chi connectivity index (χ0) is 13.2. The number of nitrogens with one attached hydrogen (secondary N) is 2. The van der Waals surface area contributed by atoms with Crippen molar-refractivity contribution in [2.24, 2.45) is 0 Å². The fraction of sp³-hybridized carbons (Fsp3) is 0.0667. The average Bonchev–Trinajstić information content (AvgIpc) is 2.83. The first-order valence-corrected chi connectivity index (χ1v) is 6.03. The lowest BCUT2D eigenvalue weighted by molar-refractivity contribution is 0.102. The van der Waals surface area contributed by atoms with E-state index in [2.05, 4.69) is 15.3 Å². The second kappa shape index (κ2) is 4.57. The van der Waals surface area contributed by atoms with Crippen LogP contribution in [0.2, 0.25) is 0 Å². The Morgan fingerprint density at radius 1 is 1.16 bits per heavy atom. The van der Waals surface area contributed by atoms with Gasteiger partial charge in [-0.3, -0.25) is 9.78 Å². The number of hydrogen-bond donors (Lipinski definition) is 2. The number of nitrogens with zero attached hydrogens (tertiary/aromatic N) is 1. The predicted molar refractivity (Wildman–Crippen MR) is 75.2 cm³/mol. The van der Waals surface area contributed by atoms with Crippen molar-refractivity contribution in [2.75, 3.05) is 5.32 Å². The van der Waals surface area contributed by atoms with Crippen LogP contribution in [0.5, 0.6) is 0 Å². The van der Waals surface area contributed by atoms with Crippen LogP contribution in [0.1, 0.15) is 16.1 Å². The summed E-state index contributed by atoms with van der Waals surface area (Å²) in [7, 11) is 0. The Morgan fingerprint density at radius 2 is 1.95 bits per heavy atom. The normalized spacial score (nSPS) is 10.6. The average molecular weight is 251 g/mol. The first-order chi connectivity index (χ1) is 9.22. The molecule has 3 aromatic rings. The molecule has 0 aliphatic carbocycles. The van der Waals surface area contributed by atoms with Crippen molar-refractivity contribution in [3.05, 3.63) is 60.0 Å². The molecule has 0 radical (unpaired) electrons. The highest BCUT2D eigenvalue weighted by atomic mass is 16.1. The standard InChI is InChI=1S/C15H13N3O/c1-10-2-3-11-9-14(18-13(11)8-10)15(19)17-12-4-6-16-7-5-12/h2-9,18H,1H3,(H,16,17,19). The van der Waals surface area contributed by atoms with Crippen molar-refractivity contribution in [3.8, 4) is 0 Å². The second-order valence-electron chi connectivity index (χ2n) is 4.46. The molecule has 3 rings (SSSR count). The Kier molecular flexibility index (Phi) is 2.76. The van der Waals surface area contributed by atoms with Crippen LogP contribution in [0.3, 0.4) is 0 Å². The van der Waals surface area contributed by atoms with Crippen molar-refractivity contribution in [1.82, 2.24) is 9.97 Å². The van der Waals surface area contributed by atoms with E-state index in [0.717, 1.165) is 22.2 Å². The van der Waals surface area contributed by atoms with E-state index >= 15 is 0 Å². The molecule has 0 unspecified atom stereocenters. The van der Waals surface area contributed by atoms with Crippen LogP contribution in [-0.2, 0) is 0 Å². The van der Waals surface area contributed by atoms with Crippen molar-refractivity contribution in [1.29, 1.82) is 0 Å². The number of aromatic amines is 1. The molecule has 2 aromatic heterocycles. The molecule has 4 nitrogen and oxygen atoms in total. The zero-order valence-corrected chi connectivity index (χ0v) is 10.5. The van der Waals surface area contributed by atoms with E-state index in [1.807, 2.05) is 31.2 Å². The molecule has 94 valence electrons. The molecular weight excluding hydrogens is 238 g/mol. The lowest BCUT2D eigenvalue weighted by Crippen LogP contribution is -2.12. The Labute approximate surface area is 110 Å². The van der Waals surface area contributed by atoms with Gasteiger partial charge < -0.3 is 10.3 Å². The van der Waals surface area contributed by atoms with Crippen molar-refractivity contribution < 1.29 is 4.79 Å². The molecule has 0 saturated heterocycles. The van der Waals surface area contributed by atoms with Gasteiger partial charge in [0.05, 0.1) is 0 Å². The molecule has 1 aromatic carbocycles. The van der Waals surface area contributed by atoms with E-state index in [1.165, 1.54) is 0 Å². The molecule has 19 heavy (non-hydrogen) atoms. The Balaban J connectivity index is 1.89. The van der Waals surface area contributed by atoms with Gasteiger partial charge in [-0.25, -0.2) is 0 Å². The molecule has 0 bridgehead atoms. The summed E-state index contributed by atoms with van der Waals surface area (Å²) in [5, 5.41) is 3.86. The number of H-pyrrole nitrogens is 1. The maximum Gasteiger partial charge on any atom is 0.272 e. The highest BCUT2D eigenvalue weighted by molar-refractivity contribution is 6.05. The summed E-state index contributed by atoms with van der Waals surface area (Å²) < 4.78 is 0. The highest BCUT2D eigenvalue weighted by Crippen LogP contribution is 2.17. The number of fused-ring (bicyclic) bond motifs is 1. The number of benzene rings is 1. The maximum absolute atomic E-state index is 12.1. The first kappa shape index (κ1) is 11.5. The summed E-state index contributed by atoms with van der Waals surface area (Å²) >= 11 is 0. The third-order valence-corrected chi connectivity index (χ3v) is 2.96. The van der Waals surface area contributed by atoms with Crippen LogP contribution in [0.25, 0.3) is 10.9 Å². The predicted octanol–water partition coefficient (Wildman–Crippen LogP) is 3.12. The van der Waals surface area contributed by atoms with E-state index in [9.17, 15) is 4.79 Å². The number of aryl methyl sites for hydroxylation is 1. The lowest BCUT2D eigenvalue weighted by Gasteiger charge is -2.02. The van der Waals surface area contributed by atoms with Crippen LogP contribution in [0.4, 0.5) is 5.69 Å². The van der Waals surface area contributed by atoms with Crippen LogP contribution >= 0.6 is 0 Å². The van der Waals surface area contributed by atoms with Gasteiger partial charge >= 0.3 is 0 Å².